The van der Waals surface area contributed by atoms with Crippen molar-refractivity contribution in [3.8, 4) is 0 Å². The number of hydrogen-bond acceptors (Lipinski definition) is 3. The minimum absolute atomic E-state index is 0.406. The molecule has 0 aliphatic carbocycles. The van der Waals surface area contributed by atoms with Crippen LogP contribution in [0.15, 0.2) is 4.42 Å². The van der Waals surface area contributed by atoms with Crippen LogP contribution in [-0.4, -0.2) is 18.7 Å². The van der Waals surface area contributed by atoms with Gasteiger partial charge in [0.1, 0.15) is 5.76 Å². The maximum absolute atomic E-state index is 5.59. The maximum atomic E-state index is 5.59. The number of hydrogen-bond donors (Lipinski definition) is 0. The van der Waals surface area contributed by atoms with Gasteiger partial charge in [0.05, 0.1) is 12.3 Å². The van der Waals surface area contributed by atoms with E-state index < -0.39 is 0 Å². The third-order valence-corrected chi connectivity index (χ3v) is 1.92. The molecule has 0 saturated heterocycles. The third kappa shape index (κ3) is 2.56. The number of aromatic nitrogens is 1. The first kappa shape index (κ1) is 10.3. The number of methoxy groups -OCH3 is 1. The van der Waals surface area contributed by atoms with E-state index in [0.717, 1.165) is 23.8 Å². The lowest BCUT2D eigenvalue weighted by Crippen LogP contribution is -1.94. The number of aryl methyl sites for hydroxylation is 1. The number of rotatable bonds is 4. The summed E-state index contributed by atoms with van der Waals surface area (Å²) in [5, 5.41) is 0. The van der Waals surface area contributed by atoms with E-state index in [1.165, 1.54) is 0 Å². The van der Waals surface area contributed by atoms with E-state index in [1.54, 1.807) is 7.11 Å². The van der Waals surface area contributed by atoms with E-state index in [-0.39, 0.29) is 0 Å². The van der Waals surface area contributed by atoms with Crippen LogP contribution in [0.1, 0.15) is 37.1 Å². The van der Waals surface area contributed by atoms with E-state index in [9.17, 15) is 0 Å². The van der Waals surface area contributed by atoms with Crippen molar-refractivity contribution in [2.45, 2.75) is 33.1 Å². The molecule has 0 unspecified atom stereocenters. The summed E-state index contributed by atoms with van der Waals surface area (Å²) in [6, 6.07) is 0. The zero-order chi connectivity index (χ0) is 9.84. The molecular weight excluding hydrogens is 166 g/mol. The predicted octanol–water partition coefficient (Wildman–Crippen LogP) is 2.30. The molecule has 0 aromatic carbocycles. The van der Waals surface area contributed by atoms with E-state index in [0.29, 0.717) is 12.5 Å². The summed E-state index contributed by atoms with van der Waals surface area (Å²) >= 11 is 0. The Bertz CT molecular complexity index is 266. The van der Waals surface area contributed by atoms with Gasteiger partial charge in [0.2, 0.25) is 0 Å². The Hall–Kier alpha value is -0.830. The van der Waals surface area contributed by atoms with Gasteiger partial charge in [0.25, 0.3) is 0 Å². The Balaban J connectivity index is 2.71. The second-order valence-corrected chi connectivity index (χ2v) is 3.45. The van der Waals surface area contributed by atoms with Gasteiger partial charge in [-0.2, -0.15) is 0 Å². The second-order valence-electron chi connectivity index (χ2n) is 3.45. The number of nitrogens with zero attached hydrogens (tertiary/aromatic N) is 1. The summed E-state index contributed by atoms with van der Waals surface area (Å²) in [6.07, 6.45) is 0.754. The molecule has 1 rings (SSSR count). The highest BCUT2D eigenvalue weighted by atomic mass is 16.5. The molecule has 0 amide bonds. The summed E-state index contributed by atoms with van der Waals surface area (Å²) in [5.41, 5.74) is 1.00. The van der Waals surface area contributed by atoms with Crippen LogP contribution in [0.5, 0.6) is 0 Å². The molecule has 1 aromatic rings. The summed E-state index contributed by atoms with van der Waals surface area (Å²) < 4.78 is 10.5. The molecule has 0 aliphatic heterocycles. The van der Waals surface area contributed by atoms with Gasteiger partial charge in [0, 0.05) is 19.4 Å². The monoisotopic (exact) mass is 183 g/mol. The molecule has 1 heterocycles. The molecule has 3 heteroatoms. The molecule has 0 radical (unpaired) electrons. The fraction of sp³-hybridized carbons (Fsp3) is 0.700. The van der Waals surface area contributed by atoms with E-state index in [2.05, 4.69) is 18.8 Å². The van der Waals surface area contributed by atoms with Crippen molar-refractivity contribution in [1.29, 1.82) is 0 Å². The number of oxazole rings is 1. The molecular formula is C10H17NO2. The maximum Gasteiger partial charge on any atom is 0.196 e. The van der Waals surface area contributed by atoms with Crippen molar-refractivity contribution in [2.75, 3.05) is 13.7 Å². The van der Waals surface area contributed by atoms with Crippen molar-refractivity contribution in [3.63, 3.8) is 0 Å². The third-order valence-electron chi connectivity index (χ3n) is 1.92. The molecule has 3 nitrogen and oxygen atoms in total. The first-order valence-electron chi connectivity index (χ1n) is 4.60. The smallest absolute Gasteiger partial charge is 0.196 e. The van der Waals surface area contributed by atoms with E-state index in [1.807, 2.05) is 6.92 Å². The van der Waals surface area contributed by atoms with Crippen LogP contribution in [0.3, 0.4) is 0 Å². The van der Waals surface area contributed by atoms with E-state index in [4.69, 9.17) is 9.15 Å². The molecule has 0 fully saturated rings. The molecule has 0 atom stereocenters. The fourth-order valence-electron chi connectivity index (χ4n) is 1.30. The van der Waals surface area contributed by atoms with Crippen LogP contribution < -0.4 is 0 Å². The van der Waals surface area contributed by atoms with Gasteiger partial charge in [0.15, 0.2) is 5.89 Å². The summed E-state index contributed by atoms with van der Waals surface area (Å²) in [5.74, 6) is 2.18. The highest BCUT2D eigenvalue weighted by Crippen LogP contribution is 2.19. The molecule has 0 spiro atoms. The zero-order valence-electron chi connectivity index (χ0n) is 8.76. The Kier molecular flexibility index (Phi) is 3.48. The van der Waals surface area contributed by atoms with Gasteiger partial charge in [-0.15, -0.1) is 0 Å². The molecule has 0 aliphatic rings. The normalized spacial score (nSPS) is 11.2. The van der Waals surface area contributed by atoms with Crippen molar-refractivity contribution in [1.82, 2.24) is 4.98 Å². The Morgan fingerprint density at radius 1 is 1.46 bits per heavy atom. The van der Waals surface area contributed by atoms with Gasteiger partial charge in [-0.1, -0.05) is 13.8 Å². The highest BCUT2D eigenvalue weighted by molar-refractivity contribution is 5.11. The molecule has 13 heavy (non-hydrogen) atoms. The predicted molar refractivity (Wildman–Crippen MR) is 50.9 cm³/mol. The van der Waals surface area contributed by atoms with Gasteiger partial charge in [-0.25, -0.2) is 4.98 Å². The van der Waals surface area contributed by atoms with Crippen molar-refractivity contribution < 1.29 is 9.15 Å². The summed E-state index contributed by atoms with van der Waals surface area (Å²) in [4.78, 5) is 4.32. The van der Waals surface area contributed by atoms with Crippen molar-refractivity contribution in [3.05, 3.63) is 17.3 Å². The average Bonchev–Trinajstić information content (AvgIpc) is 2.43. The topological polar surface area (TPSA) is 35.3 Å². The van der Waals surface area contributed by atoms with Gasteiger partial charge >= 0.3 is 0 Å². The molecule has 1 aromatic heterocycles. The lowest BCUT2D eigenvalue weighted by Gasteiger charge is -1.98. The second kappa shape index (κ2) is 4.42. The first-order chi connectivity index (χ1) is 6.15. The SMILES string of the molecule is COCCc1nc(C)c(C(C)C)o1. The minimum atomic E-state index is 0.406. The first-order valence-corrected chi connectivity index (χ1v) is 4.60. The number of ether oxygens (including phenoxy) is 1. The quantitative estimate of drug-likeness (QED) is 0.718. The van der Waals surface area contributed by atoms with Gasteiger partial charge < -0.3 is 9.15 Å². The molecule has 74 valence electrons. The van der Waals surface area contributed by atoms with Gasteiger partial charge in [-0.3, -0.25) is 0 Å². The minimum Gasteiger partial charge on any atom is -0.445 e. The average molecular weight is 183 g/mol. The largest absolute Gasteiger partial charge is 0.445 e. The Labute approximate surface area is 79.1 Å². The summed E-state index contributed by atoms with van der Waals surface area (Å²) in [6.45, 7) is 6.86. The lowest BCUT2D eigenvalue weighted by molar-refractivity contribution is 0.194. The van der Waals surface area contributed by atoms with Crippen LogP contribution in [0.4, 0.5) is 0 Å². The molecule has 0 bridgehead atoms. The standard InChI is InChI=1S/C10H17NO2/c1-7(2)10-8(3)11-9(13-10)5-6-12-4/h7H,5-6H2,1-4H3. The Morgan fingerprint density at radius 2 is 2.15 bits per heavy atom. The highest BCUT2D eigenvalue weighted by Gasteiger charge is 2.11. The summed E-state index contributed by atoms with van der Waals surface area (Å²) in [7, 11) is 1.68. The fourth-order valence-corrected chi connectivity index (χ4v) is 1.30. The van der Waals surface area contributed by atoms with E-state index >= 15 is 0 Å². The molecule has 0 N–H and O–H groups in total. The van der Waals surface area contributed by atoms with Crippen LogP contribution in [-0.2, 0) is 11.2 Å². The van der Waals surface area contributed by atoms with Gasteiger partial charge in [-0.05, 0) is 6.92 Å². The van der Waals surface area contributed by atoms with Crippen LogP contribution in [0, 0.1) is 6.92 Å². The van der Waals surface area contributed by atoms with Crippen LogP contribution in [0.2, 0.25) is 0 Å². The molecule has 0 saturated carbocycles. The van der Waals surface area contributed by atoms with Crippen LogP contribution in [0.25, 0.3) is 0 Å². The van der Waals surface area contributed by atoms with Crippen molar-refractivity contribution >= 4 is 0 Å². The Morgan fingerprint density at radius 3 is 2.62 bits per heavy atom. The zero-order valence-corrected chi connectivity index (χ0v) is 8.76. The van der Waals surface area contributed by atoms with Crippen molar-refractivity contribution in [2.24, 2.45) is 0 Å². The van der Waals surface area contributed by atoms with Crippen LogP contribution >= 0.6 is 0 Å². The lowest BCUT2D eigenvalue weighted by atomic mass is 10.1.